The van der Waals surface area contributed by atoms with Crippen LogP contribution >= 0.6 is 0 Å². The van der Waals surface area contributed by atoms with E-state index in [1.165, 1.54) is 17.0 Å². The number of hydrogen-bond donors (Lipinski definition) is 1. The predicted octanol–water partition coefficient (Wildman–Crippen LogP) is 3.36. The Morgan fingerprint density at radius 2 is 2.00 bits per heavy atom. The molecule has 2 amide bonds. The Balaban J connectivity index is 2.40. The molecule has 0 saturated carbocycles. The average Bonchev–Trinajstić information content (AvgIpc) is 2.48. The van der Waals surface area contributed by atoms with Gasteiger partial charge in [0.15, 0.2) is 0 Å². The Morgan fingerprint density at radius 1 is 1.23 bits per heavy atom. The lowest BCUT2D eigenvalue weighted by atomic mass is 10.0. The largest absolute Gasteiger partial charge is 0.336 e. The van der Waals surface area contributed by atoms with Gasteiger partial charge >= 0.3 is 6.03 Å². The van der Waals surface area contributed by atoms with Crippen LogP contribution < -0.4 is 5.32 Å². The molecule has 116 valence electrons. The second kappa shape index (κ2) is 7.02. The topological polar surface area (TPSA) is 45.2 Å². The fourth-order valence-electron chi connectivity index (χ4n) is 2.27. The maximum atomic E-state index is 13.6. The van der Waals surface area contributed by atoms with Crippen LogP contribution in [-0.4, -0.2) is 29.0 Å². The molecule has 0 aliphatic rings. The number of halogens is 1. The smallest absolute Gasteiger partial charge is 0.318 e. The lowest BCUT2D eigenvalue weighted by Crippen LogP contribution is -2.43. The monoisotopic (exact) mass is 301 g/mol. The fourth-order valence-corrected chi connectivity index (χ4v) is 2.27. The van der Waals surface area contributed by atoms with E-state index in [-0.39, 0.29) is 17.9 Å². The number of pyridine rings is 1. The minimum atomic E-state index is -0.448. The minimum absolute atomic E-state index is 0.0202. The summed E-state index contributed by atoms with van der Waals surface area (Å²) in [7, 11) is 1.68. The van der Waals surface area contributed by atoms with Crippen molar-refractivity contribution in [2.45, 2.75) is 25.9 Å². The van der Waals surface area contributed by atoms with Crippen LogP contribution in [0.3, 0.4) is 0 Å². The highest BCUT2D eigenvalue weighted by molar-refractivity contribution is 5.75. The van der Waals surface area contributed by atoms with Crippen molar-refractivity contribution in [1.82, 2.24) is 15.2 Å². The van der Waals surface area contributed by atoms with Crippen molar-refractivity contribution < 1.29 is 9.18 Å². The van der Waals surface area contributed by atoms with Gasteiger partial charge in [0.25, 0.3) is 0 Å². The van der Waals surface area contributed by atoms with Gasteiger partial charge in [-0.2, -0.15) is 0 Å². The van der Waals surface area contributed by atoms with Gasteiger partial charge in [-0.05, 0) is 43.7 Å². The first-order chi connectivity index (χ1) is 10.5. The van der Waals surface area contributed by atoms with E-state index < -0.39 is 6.04 Å². The summed E-state index contributed by atoms with van der Waals surface area (Å²) >= 11 is 0. The van der Waals surface area contributed by atoms with E-state index in [2.05, 4.69) is 10.3 Å². The number of aromatic nitrogens is 1. The second-order valence-electron chi connectivity index (χ2n) is 5.43. The summed E-state index contributed by atoms with van der Waals surface area (Å²) in [5.41, 5.74) is 1.37. The summed E-state index contributed by atoms with van der Waals surface area (Å²) in [6.07, 6.45) is 1.66. The van der Waals surface area contributed by atoms with Crippen molar-refractivity contribution in [3.05, 3.63) is 65.7 Å². The van der Waals surface area contributed by atoms with E-state index in [1.54, 1.807) is 31.4 Å². The molecule has 1 N–H and O–H groups in total. The van der Waals surface area contributed by atoms with Crippen molar-refractivity contribution in [1.29, 1.82) is 0 Å². The molecular formula is C17H20FN3O. The van der Waals surface area contributed by atoms with Gasteiger partial charge < -0.3 is 10.2 Å². The first-order valence-electron chi connectivity index (χ1n) is 7.18. The summed E-state index contributed by atoms with van der Waals surface area (Å²) in [6, 6.07) is 11.1. The molecule has 0 bridgehead atoms. The maximum Gasteiger partial charge on any atom is 0.318 e. The highest BCUT2D eigenvalue weighted by atomic mass is 19.1. The van der Waals surface area contributed by atoms with Crippen LogP contribution in [0.2, 0.25) is 0 Å². The van der Waals surface area contributed by atoms with Gasteiger partial charge in [0.05, 0.1) is 5.69 Å². The van der Waals surface area contributed by atoms with Crippen molar-refractivity contribution in [3.63, 3.8) is 0 Å². The molecule has 0 aliphatic carbocycles. The standard InChI is InChI=1S/C17H20FN3O/c1-12(2)20-17(22)21(3)16(15-9-4-5-10-19-15)13-7-6-8-14(18)11-13/h4-12,16H,1-3H3,(H,20,22)/t16-/m1/s1. The molecule has 22 heavy (non-hydrogen) atoms. The SMILES string of the molecule is CC(C)NC(=O)N(C)[C@H](c1cccc(F)c1)c1ccccn1. The molecule has 1 aromatic carbocycles. The molecule has 0 saturated heterocycles. The third kappa shape index (κ3) is 3.81. The Kier molecular flexibility index (Phi) is 5.09. The van der Waals surface area contributed by atoms with Crippen LogP contribution in [0.15, 0.2) is 48.7 Å². The van der Waals surface area contributed by atoms with Gasteiger partial charge in [0.1, 0.15) is 11.9 Å². The Bertz CT molecular complexity index is 631. The predicted molar refractivity (Wildman–Crippen MR) is 83.9 cm³/mol. The molecule has 0 aliphatic heterocycles. The first kappa shape index (κ1) is 15.9. The highest BCUT2D eigenvalue weighted by Crippen LogP contribution is 2.26. The number of benzene rings is 1. The third-order valence-electron chi connectivity index (χ3n) is 3.25. The summed E-state index contributed by atoms with van der Waals surface area (Å²) in [5, 5.41) is 2.84. The number of carbonyl (C=O) groups excluding carboxylic acids is 1. The number of carbonyl (C=O) groups is 1. The molecule has 2 aromatic rings. The molecule has 5 heteroatoms. The van der Waals surface area contributed by atoms with Crippen molar-refractivity contribution >= 4 is 6.03 Å². The number of amides is 2. The number of urea groups is 1. The quantitative estimate of drug-likeness (QED) is 0.941. The van der Waals surface area contributed by atoms with E-state index >= 15 is 0 Å². The molecule has 2 rings (SSSR count). The molecule has 0 spiro atoms. The Morgan fingerprint density at radius 3 is 2.59 bits per heavy atom. The summed E-state index contributed by atoms with van der Waals surface area (Å²) in [4.78, 5) is 18.2. The van der Waals surface area contributed by atoms with Gasteiger partial charge in [-0.25, -0.2) is 9.18 Å². The van der Waals surface area contributed by atoms with E-state index in [4.69, 9.17) is 0 Å². The zero-order valence-corrected chi connectivity index (χ0v) is 13.0. The summed E-state index contributed by atoms with van der Waals surface area (Å²) in [6.45, 7) is 3.79. The van der Waals surface area contributed by atoms with Crippen LogP contribution in [0.1, 0.15) is 31.1 Å². The van der Waals surface area contributed by atoms with Crippen LogP contribution in [0.25, 0.3) is 0 Å². The van der Waals surface area contributed by atoms with Gasteiger partial charge in [0, 0.05) is 19.3 Å². The highest BCUT2D eigenvalue weighted by Gasteiger charge is 2.25. The second-order valence-corrected chi connectivity index (χ2v) is 5.43. The van der Waals surface area contributed by atoms with Crippen LogP contribution in [0.4, 0.5) is 9.18 Å². The fraction of sp³-hybridized carbons (Fsp3) is 0.294. The lowest BCUT2D eigenvalue weighted by molar-refractivity contribution is 0.194. The van der Waals surface area contributed by atoms with Crippen molar-refractivity contribution in [2.75, 3.05) is 7.05 Å². The normalized spacial score (nSPS) is 12.0. The lowest BCUT2D eigenvalue weighted by Gasteiger charge is -2.29. The van der Waals surface area contributed by atoms with E-state index in [1.807, 2.05) is 26.0 Å². The number of hydrogen-bond acceptors (Lipinski definition) is 2. The summed E-state index contributed by atoms with van der Waals surface area (Å²) in [5.74, 6) is -0.337. The van der Waals surface area contributed by atoms with E-state index in [0.29, 0.717) is 11.3 Å². The third-order valence-corrected chi connectivity index (χ3v) is 3.25. The van der Waals surface area contributed by atoms with Gasteiger partial charge in [0.2, 0.25) is 0 Å². The zero-order valence-electron chi connectivity index (χ0n) is 13.0. The van der Waals surface area contributed by atoms with E-state index in [9.17, 15) is 9.18 Å². The molecule has 4 nitrogen and oxygen atoms in total. The van der Waals surface area contributed by atoms with Crippen LogP contribution in [0, 0.1) is 5.82 Å². The number of rotatable bonds is 4. The molecule has 0 unspecified atom stereocenters. The van der Waals surface area contributed by atoms with Gasteiger partial charge in [-0.1, -0.05) is 18.2 Å². The minimum Gasteiger partial charge on any atom is -0.336 e. The maximum absolute atomic E-state index is 13.6. The van der Waals surface area contributed by atoms with Gasteiger partial charge in [-0.15, -0.1) is 0 Å². The van der Waals surface area contributed by atoms with Crippen molar-refractivity contribution in [3.8, 4) is 0 Å². The number of nitrogens with one attached hydrogen (secondary N) is 1. The van der Waals surface area contributed by atoms with Crippen LogP contribution in [0.5, 0.6) is 0 Å². The van der Waals surface area contributed by atoms with E-state index in [0.717, 1.165) is 0 Å². The zero-order chi connectivity index (χ0) is 16.1. The molecule has 0 radical (unpaired) electrons. The Hall–Kier alpha value is -2.43. The average molecular weight is 301 g/mol. The number of nitrogens with zero attached hydrogens (tertiary/aromatic N) is 2. The molecular weight excluding hydrogens is 281 g/mol. The molecule has 1 heterocycles. The van der Waals surface area contributed by atoms with Gasteiger partial charge in [-0.3, -0.25) is 4.98 Å². The molecule has 0 fully saturated rings. The van der Waals surface area contributed by atoms with Crippen LogP contribution in [-0.2, 0) is 0 Å². The first-order valence-corrected chi connectivity index (χ1v) is 7.18. The molecule has 1 atom stereocenters. The Labute approximate surface area is 130 Å². The molecule has 1 aromatic heterocycles. The van der Waals surface area contributed by atoms with Crippen molar-refractivity contribution in [2.24, 2.45) is 0 Å². The summed E-state index contributed by atoms with van der Waals surface area (Å²) < 4.78 is 13.6.